The topological polar surface area (TPSA) is 98.5 Å². The van der Waals surface area contributed by atoms with Gasteiger partial charge in [-0.1, -0.05) is 43.3 Å². The van der Waals surface area contributed by atoms with Crippen molar-refractivity contribution in [2.45, 2.75) is 25.8 Å². The molecule has 1 aliphatic heterocycles. The Morgan fingerprint density at radius 3 is 2.31 bits per heavy atom. The predicted octanol–water partition coefficient (Wildman–Crippen LogP) is 3.24. The second-order valence-corrected chi connectivity index (χ2v) is 7.55. The van der Waals surface area contributed by atoms with E-state index in [1.165, 1.54) is 0 Å². The molecule has 0 amide bonds. The lowest BCUT2D eigenvalue weighted by molar-refractivity contribution is 0.119. The smallest absolute Gasteiger partial charge is 0.190 e. The molecule has 4 atom stereocenters. The van der Waals surface area contributed by atoms with Gasteiger partial charge in [0.2, 0.25) is 0 Å². The average molecular weight is 343 g/mol. The van der Waals surface area contributed by atoms with Gasteiger partial charge in [-0.15, -0.1) is 0 Å². The number of benzene rings is 1. The molecule has 0 bridgehead atoms. The average Bonchev–Trinajstić information content (AvgIpc) is 2.64. The van der Waals surface area contributed by atoms with Crippen LogP contribution in [0.15, 0.2) is 42.0 Å². The SMILES string of the molecule is C[C@H]1C=C2[C@@H](C#N)C(=N)C(C#N)(C#N)[C@@H](c3ccccc3)[C@]2(C)CN1C. The fourth-order valence-corrected chi connectivity index (χ4v) is 4.70. The molecule has 5 nitrogen and oxygen atoms in total. The Bertz CT molecular complexity index is 881. The summed E-state index contributed by atoms with van der Waals surface area (Å²) in [5.41, 5.74) is -0.619. The van der Waals surface area contributed by atoms with E-state index >= 15 is 0 Å². The van der Waals surface area contributed by atoms with Crippen molar-refractivity contribution in [2.75, 3.05) is 13.6 Å². The largest absolute Gasteiger partial charge is 0.305 e. The van der Waals surface area contributed by atoms with Gasteiger partial charge in [0.1, 0.15) is 5.92 Å². The molecule has 1 aromatic carbocycles. The van der Waals surface area contributed by atoms with Crippen molar-refractivity contribution in [3.63, 3.8) is 0 Å². The van der Waals surface area contributed by atoms with Crippen molar-refractivity contribution in [3.8, 4) is 18.2 Å². The van der Waals surface area contributed by atoms with Gasteiger partial charge in [0, 0.05) is 23.9 Å². The van der Waals surface area contributed by atoms with Crippen LogP contribution < -0.4 is 0 Å². The molecule has 26 heavy (non-hydrogen) atoms. The van der Waals surface area contributed by atoms with E-state index in [0.29, 0.717) is 6.54 Å². The molecule has 0 spiro atoms. The Morgan fingerprint density at radius 2 is 1.77 bits per heavy atom. The zero-order valence-corrected chi connectivity index (χ0v) is 15.2. The van der Waals surface area contributed by atoms with Crippen molar-refractivity contribution in [2.24, 2.45) is 16.7 Å². The van der Waals surface area contributed by atoms with E-state index in [0.717, 1.165) is 11.1 Å². The van der Waals surface area contributed by atoms with Gasteiger partial charge in [-0.3, -0.25) is 4.90 Å². The maximum atomic E-state index is 10.0. The van der Waals surface area contributed by atoms with Gasteiger partial charge < -0.3 is 5.41 Å². The lowest BCUT2D eigenvalue weighted by atomic mass is 9.48. The number of nitrogens with one attached hydrogen (secondary N) is 1. The van der Waals surface area contributed by atoms with E-state index < -0.39 is 22.7 Å². The van der Waals surface area contributed by atoms with Gasteiger partial charge in [0.15, 0.2) is 5.41 Å². The van der Waals surface area contributed by atoms with Crippen LogP contribution in [-0.4, -0.2) is 30.2 Å². The summed E-state index contributed by atoms with van der Waals surface area (Å²) in [7, 11) is 2.01. The first kappa shape index (κ1) is 17.9. The number of likely N-dealkylation sites (N-methyl/N-ethyl adjacent to an activating group) is 1. The number of fused-ring (bicyclic) bond motifs is 1. The van der Waals surface area contributed by atoms with Crippen LogP contribution in [0.5, 0.6) is 0 Å². The second-order valence-electron chi connectivity index (χ2n) is 7.55. The minimum absolute atomic E-state index is 0.0978. The molecule has 1 heterocycles. The summed E-state index contributed by atoms with van der Waals surface area (Å²) in [6, 6.07) is 16.1. The van der Waals surface area contributed by atoms with Crippen LogP contribution in [0.2, 0.25) is 0 Å². The molecule has 1 fully saturated rings. The van der Waals surface area contributed by atoms with E-state index in [4.69, 9.17) is 5.41 Å². The Balaban J connectivity index is 2.37. The molecule has 0 unspecified atom stereocenters. The van der Waals surface area contributed by atoms with Crippen molar-refractivity contribution in [1.29, 1.82) is 21.2 Å². The molecule has 1 aliphatic carbocycles. The van der Waals surface area contributed by atoms with Crippen molar-refractivity contribution in [3.05, 3.63) is 47.5 Å². The van der Waals surface area contributed by atoms with Crippen molar-refractivity contribution >= 4 is 5.71 Å². The first-order valence-electron chi connectivity index (χ1n) is 8.64. The molecule has 130 valence electrons. The summed E-state index contributed by atoms with van der Waals surface area (Å²) >= 11 is 0. The maximum Gasteiger partial charge on any atom is 0.190 e. The highest BCUT2D eigenvalue weighted by Crippen LogP contribution is 2.60. The van der Waals surface area contributed by atoms with E-state index in [1.54, 1.807) is 0 Å². The van der Waals surface area contributed by atoms with Gasteiger partial charge in [-0.05, 0) is 25.1 Å². The highest BCUT2D eigenvalue weighted by Gasteiger charge is 2.63. The summed E-state index contributed by atoms with van der Waals surface area (Å²) in [6.07, 6.45) is 2.04. The van der Waals surface area contributed by atoms with Gasteiger partial charge in [0.05, 0.1) is 23.9 Å². The Labute approximate surface area is 154 Å². The molecule has 1 aromatic rings. The van der Waals surface area contributed by atoms with Crippen LogP contribution in [0.1, 0.15) is 25.3 Å². The molecule has 3 rings (SSSR count). The molecular formula is C21H21N5. The van der Waals surface area contributed by atoms with Crippen LogP contribution in [0.4, 0.5) is 0 Å². The van der Waals surface area contributed by atoms with Gasteiger partial charge in [-0.25, -0.2) is 0 Å². The standard InChI is InChI=1S/C21H21N5/c1-14-9-17-16(10-22)19(25)21(11-23,12-24)18(15-7-5-4-6-8-15)20(17,2)13-26(14)3/h4-9,14,16,18,25H,13H2,1-3H3/t14-,16+,18-,20+/m0/s1. The third-order valence-corrected chi connectivity index (χ3v) is 6.06. The lowest BCUT2D eigenvalue weighted by Gasteiger charge is -2.55. The fourth-order valence-electron chi connectivity index (χ4n) is 4.70. The predicted molar refractivity (Wildman–Crippen MR) is 98.0 cm³/mol. The molecule has 0 radical (unpaired) electrons. The van der Waals surface area contributed by atoms with E-state index in [2.05, 4.69) is 30.0 Å². The molecule has 2 aliphatic rings. The normalized spacial score (nSPS) is 33.2. The summed E-state index contributed by atoms with van der Waals surface area (Å²) in [5.74, 6) is -1.35. The first-order valence-corrected chi connectivity index (χ1v) is 8.64. The minimum Gasteiger partial charge on any atom is -0.305 e. The third-order valence-electron chi connectivity index (χ3n) is 6.06. The molecule has 0 saturated heterocycles. The zero-order chi connectivity index (χ0) is 19.1. The fraction of sp³-hybridized carbons (Fsp3) is 0.429. The number of hydrogen-bond acceptors (Lipinski definition) is 5. The highest BCUT2D eigenvalue weighted by atomic mass is 15.1. The van der Waals surface area contributed by atoms with Crippen molar-refractivity contribution in [1.82, 2.24) is 4.90 Å². The van der Waals surface area contributed by atoms with E-state index in [-0.39, 0.29) is 11.8 Å². The summed E-state index contributed by atoms with van der Waals surface area (Å²) in [4.78, 5) is 2.17. The number of rotatable bonds is 1. The first-order chi connectivity index (χ1) is 12.4. The van der Waals surface area contributed by atoms with E-state index in [1.807, 2.05) is 50.4 Å². The Hall–Kier alpha value is -2.94. The van der Waals surface area contributed by atoms with Crippen LogP contribution in [0.3, 0.4) is 0 Å². The van der Waals surface area contributed by atoms with Crippen LogP contribution >= 0.6 is 0 Å². The highest BCUT2D eigenvalue weighted by molar-refractivity contribution is 6.01. The monoisotopic (exact) mass is 343 g/mol. The summed E-state index contributed by atoms with van der Waals surface area (Å²) < 4.78 is 0. The molecule has 1 N–H and O–H groups in total. The Kier molecular flexibility index (Phi) is 4.19. The summed E-state index contributed by atoms with van der Waals surface area (Å²) in [5, 5.41) is 38.5. The van der Waals surface area contributed by atoms with E-state index in [9.17, 15) is 15.8 Å². The van der Waals surface area contributed by atoms with Gasteiger partial charge in [0.25, 0.3) is 0 Å². The zero-order valence-electron chi connectivity index (χ0n) is 15.2. The van der Waals surface area contributed by atoms with Crippen LogP contribution in [0, 0.1) is 56.2 Å². The van der Waals surface area contributed by atoms with Crippen molar-refractivity contribution < 1.29 is 0 Å². The quantitative estimate of drug-likeness (QED) is 0.791. The number of hydrogen-bond donors (Lipinski definition) is 1. The molecular weight excluding hydrogens is 322 g/mol. The Morgan fingerprint density at radius 1 is 1.15 bits per heavy atom. The molecule has 5 heteroatoms. The van der Waals surface area contributed by atoms with Crippen LogP contribution in [-0.2, 0) is 0 Å². The number of nitrogens with zero attached hydrogens (tertiary/aromatic N) is 4. The third kappa shape index (κ3) is 2.20. The van der Waals surface area contributed by atoms with Crippen LogP contribution in [0.25, 0.3) is 0 Å². The minimum atomic E-state index is -1.66. The lowest BCUT2D eigenvalue weighted by Crippen LogP contribution is -2.58. The van der Waals surface area contributed by atoms with Gasteiger partial charge in [-0.2, -0.15) is 15.8 Å². The molecule has 1 saturated carbocycles. The second kappa shape index (κ2) is 6.10. The summed E-state index contributed by atoms with van der Waals surface area (Å²) in [6.45, 7) is 4.70. The number of nitriles is 3. The molecule has 0 aromatic heterocycles. The van der Waals surface area contributed by atoms with Gasteiger partial charge >= 0.3 is 0 Å². The maximum absolute atomic E-state index is 10.0.